The van der Waals surface area contributed by atoms with E-state index in [1.807, 2.05) is 24.1 Å². The molecule has 35 heavy (non-hydrogen) atoms. The fourth-order valence-corrected chi connectivity index (χ4v) is 3.99. The van der Waals surface area contributed by atoms with E-state index in [2.05, 4.69) is 16.5 Å². The molecule has 0 unspecified atom stereocenters. The molecule has 9 heteroatoms. The van der Waals surface area contributed by atoms with Gasteiger partial charge in [-0.3, -0.25) is 0 Å². The van der Waals surface area contributed by atoms with Crippen molar-refractivity contribution in [1.29, 1.82) is 5.26 Å². The van der Waals surface area contributed by atoms with Gasteiger partial charge in [0, 0.05) is 31.7 Å². The topological polar surface area (TPSA) is 96.3 Å². The second-order valence-corrected chi connectivity index (χ2v) is 7.93. The third-order valence-electron chi connectivity index (χ3n) is 5.48. The number of aryl methyl sites for hydroxylation is 1. The summed E-state index contributed by atoms with van der Waals surface area (Å²) in [5, 5.41) is 10.4. The van der Waals surface area contributed by atoms with E-state index >= 15 is 0 Å². The number of hydrogen-bond donors (Lipinski definition) is 1. The van der Waals surface area contributed by atoms with E-state index in [0.717, 1.165) is 11.1 Å². The van der Waals surface area contributed by atoms with Crippen LogP contribution >= 0.6 is 0 Å². The predicted molar refractivity (Wildman–Crippen MR) is 133 cm³/mol. The van der Waals surface area contributed by atoms with E-state index in [1.165, 1.54) is 12.1 Å². The lowest BCUT2D eigenvalue weighted by molar-refractivity contribution is 0.144. The number of likely N-dealkylation sites (N-methyl/N-ethyl adjacent to an activating group) is 1. The average Bonchev–Trinajstić information content (AvgIpc) is 3.20. The zero-order valence-corrected chi connectivity index (χ0v) is 19.9. The van der Waals surface area contributed by atoms with Crippen LogP contribution in [-0.4, -0.2) is 55.5 Å². The van der Waals surface area contributed by atoms with Crippen LogP contribution in [0.25, 0.3) is 33.2 Å². The Morgan fingerprint density at radius 1 is 1.17 bits per heavy atom. The third kappa shape index (κ3) is 4.88. The molecule has 0 spiro atoms. The Kier molecular flexibility index (Phi) is 7.13. The minimum Gasteiger partial charge on any atom is -0.487 e. The first-order valence-corrected chi connectivity index (χ1v) is 11.0. The summed E-state index contributed by atoms with van der Waals surface area (Å²) in [6.07, 6.45) is 1.76. The molecule has 0 saturated carbocycles. The molecule has 2 aromatic heterocycles. The Bertz CT molecular complexity index is 1430. The van der Waals surface area contributed by atoms with E-state index in [4.69, 9.17) is 24.5 Å². The van der Waals surface area contributed by atoms with Gasteiger partial charge in [0.25, 0.3) is 0 Å². The first kappa shape index (κ1) is 24.0. The largest absolute Gasteiger partial charge is 0.487 e. The zero-order chi connectivity index (χ0) is 24.9. The highest BCUT2D eigenvalue weighted by atomic mass is 19.1. The molecule has 0 saturated heterocycles. The van der Waals surface area contributed by atoms with Crippen molar-refractivity contribution in [2.45, 2.75) is 6.92 Å². The molecule has 0 amide bonds. The van der Waals surface area contributed by atoms with Crippen molar-refractivity contribution in [3.8, 4) is 28.8 Å². The molecule has 1 N–H and O–H groups in total. The van der Waals surface area contributed by atoms with Gasteiger partial charge < -0.3 is 24.1 Å². The maximum absolute atomic E-state index is 14.7. The molecule has 0 aliphatic rings. The van der Waals surface area contributed by atoms with Crippen LogP contribution in [0.1, 0.15) is 5.82 Å². The number of aromatic nitrogens is 3. The molecule has 180 valence electrons. The van der Waals surface area contributed by atoms with Crippen LogP contribution in [0.15, 0.2) is 43.0 Å². The van der Waals surface area contributed by atoms with Gasteiger partial charge in [0.05, 0.1) is 28.9 Å². The van der Waals surface area contributed by atoms with Gasteiger partial charge in [-0.05, 0) is 37.3 Å². The van der Waals surface area contributed by atoms with Crippen molar-refractivity contribution in [2.75, 3.05) is 45.4 Å². The number of hydrogen-bond acceptors (Lipinski definition) is 7. The van der Waals surface area contributed by atoms with Crippen molar-refractivity contribution in [1.82, 2.24) is 15.0 Å². The zero-order valence-electron chi connectivity index (χ0n) is 19.9. The number of halogens is 1. The maximum Gasteiger partial charge on any atom is 0.174 e. The fraction of sp³-hybridized carbons (Fsp3) is 0.269. The Balaban J connectivity index is 1.92. The van der Waals surface area contributed by atoms with Crippen molar-refractivity contribution >= 4 is 27.6 Å². The van der Waals surface area contributed by atoms with E-state index in [0.29, 0.717) is 64.9 Å². The quantitative estimate of drug-likeness (QED) is 0.261. The summed E-state index contributed by atoms with van der Waals surface area (Å²) >= 11 is 0. The molecule has 0 bridgehead atoms. The van der Waals surface area contributed by atoms with Crippen molar-refractivity contribution < 1.29 is 18.6 Å². The minimum atomic E-state index is -0.365. The number of methoxy groups -OCH3 is 1. The van der Waals surface area contributed by atoms with Crippen LogP contribution in [0.4, 0.5) is 10.1 Å². The second-order valence-electron chi connectivity index (χ2n) is 7.93. The molecule has 0 atom stereocenters. The molecule has 8 nitrogen and oxygen atoms in total. The fourth-order valence-electron chi connectivity index (χ4n) is 3.99. The minimum absolute atomic E-state index is 0.139. The van der Waals surface area contributed by atoms with Gasteiger partial charge in [-0.25, -0.2) is 14.4 Å². The van der Waals surface area contributed by atoms with E-state index in [9.17, 15) is 4.39 Å². The number of nitrogens with zero attached hydrogens (tertiary/aromatic N) is 4. The maximum atomic E-state index is 14.7. The van der Waals surface area contributed by atoms with Crippen molar-refractivity contribution in [3.05, 3.63) is 54.6 Å². The first-order valence-electron chi connectivity index (χ1n) is 11.0. The van der Waals surface area contributed by atoms with Crippen molar-refractivity contribution in [2.24, 2.45) is 0 Å². The SMILES string of the molecule is C=CCN(C)c1cc(F)cc2c1[nH]c1nc(C)nc(-c3ccc(OCCOC)c(OCC#N)c3)c12. The van der Waals surface area contributed by atoms with Crippen LogP contribution in [0, 0.1) is 24.1 Å². The number of nitriles is 1. The van der Waals surface area contributed by atoms with Gasteiger partial charge in [-0.2, -0.15) is 5.26 Å². The molecule has 4 rings (SSSR count). The molecule has 2 heterocycles. The van der Waals surface area contributed by atoms with Gasteiger partial charge in [0.15, 0.2) is 18.1 Å². The molecular weight excluding hydrogens is 449 g/mol. The molecule has 0 radical (unpaired) electrons. The molecule has 4 aromatic rings. The summed E-state index contributed by atoms with van der Waals surface area (Å²) in [6.45, 7) is 6.74. The van der Waals surface area contributed by atoms with Crippen molar-refractivity contribution in [3.63, 3.8) is 0 Å². The van der Waals surface area contributed by atoms with E-state index in [-0.39, 0.29) is 12.4 Å². The summed E-state index contributed by atoms with van der Waals surface area (Å²) in [5.74, 6) is 1.08. The summed E-state index contributed by atoms with van der Waals surface area (Å²) in [7, 11) is 3.47. The number of ether oxygens (including phenoxy) is 3. The van der Waals surface area contributed by atoms with E-state index < -0.39 is 0 Å². The van der Waals surface area contributed by atoms with Crippen LogP contribution in [-0.2, 0) is 4.74 Å². The number of benzene rings is 2. The number of anilines is 1. The first-order chi connectivity index (χ1) is 17.0. The number of fused-ring (bicyclic) bond motifs is 3. The predicted octanol–water partition coefficient (Wildman–Crippen LogP) is 4.78. The number of nitrogens with one attached hydrogen (secondary N) is 1. The Morgan fingerprint density at radius 2 is 2.00 bits per heavy atom. The summed E-state index contributed by atoms with van der Waals surface area (Å²) < 4.78 is 31.2. The van der Waals surface area contributed by atoms with Gasteiger partial charge in [0.2, 0.25) is 0 Å². The standard InChI is InChI=1S/C26H26FN5O3/c1-5-9-32(3)20-15-18(27)14-19-23-24(29-16(2)30-26(23)31-25(19)20)17-6-7-21(35-12-11-33-4)22(13-17)34-10-8-28/h5-7,13-15H,1,9-12H2,2-4H3,(H,29,30,31). The Labute approximate surface area is 202 Å². The van der Waals surface area contributed by atoms with Gasteiger partial charge in [0.1, 0.15) is 30.0 Å². The van der Waals surface area contributed by atoms with E-state index in [1.54, 1.807) is 32.2 Å². The number of rotatable bonds is 10. The Morgan fingerprint density at radius 3 is 2.74 bits per heavy atom. The molecular formula is C26H26FN5O3. The summed E-state index contributed by atoms with van der Waals surface area (Å²) in [4.78, 5) is 14.5. The lowest BCUT2D eigenvalue weighted by Crippen LogP contribution is -2.17. The molecule has 0 aliphatic heterocycles. The van der Waals surface area contributed by atoms with Crippen LogP contribution < -0.4 is 14.4 Å². The highest BCUT2D eigenvalue weighted by molar-refractivity contribution is 6.15. The normalized spacial score (nSPS) is 10.9. The van der Waals surface area contributed by atoms with Crippen LogP contribution in [0.5, 0.6) is 11.5 Å². The highest BCUT2D eigenvalue weighted by Crippen LogP contribution is 2.39. The number of aromatic amines is 1. The van der Waals surface area contributed by atoms with Gasteiger partial charge >= 0.3 is 0 Å². The Hall–Kier alpha value is -4.16. The second kappa shape index (κ2) is 10.4. The number of H-pyrrole nitrogens is 1. The lowest BCUT2D eigenvalue weighted by Gasteiger charge is -2.18. The highest BCUT2D eigenvalue weighted by Gasteiger charge is 2.20. The average molecular weight is 476 g/mol. The third-order valence-corrected chi connectivity index (χ3v) is 5.48. The van der Waals surface area contributed by atoms with Gasteiger partial charge in [-0.15, -0.1) is 6.58 Å². The molecule has 2 aromatic carbocycles. The lowest BCUT2D eigenvalue weighted by atomic mass is 10.0. The molecule has 0 aliphatic carbocycles. The van der Waals surface area contributed by atoms with Crippen LogP contribution in [0.3, 0.4) is 0 Å². The smallest absolute Gasteiger partial charge is 0.174 e. The summed E-state index contributed by atoms with van der Waals surface area (Å²) in [5.41, 5.74) is 3.39. The summed E-state index contributed by atoms with van der Waals surface area (Å²) in [6, 6.07) is 10.3. The molecule has 0 fully saturated rings. The van der Waals surface area contributed by atoms with Crippen LogP contribution in [0.2, 0.25) is 0 Å². The monoisotopic (exact) mass is 475 g/mol. The van der Waals surface area contributed by atoms with Gasteiger partial charge in [-0.1, -0.05) is 6.08 Å².